The number of benzene rings is 1. The highest BCUT2D eigenvalue weighted by molar-refractivity contribution is 9.10. The number of carboxylic acids is 1. The zero-order valence-corrected chi connectivity index (χ0v) is 11.4. The molecule has 0 radical (unpaired) electrons. The summed E-state index contributed by atoms with van der Waals surface area (Å²) in [5.74, 6) is -0.540. The van der Waals surface area contributed by atoms with E-state index in [9.17, 15) is 9.90 Å². The topological polar surface area (TPSA) is 66.8 Å². The van der Waals surface area contributed by atoms with Crippen LogP contribution in [0.2, 0.25) is 0 Å². The molecule has 0 aromatic heterocycles. The molecule has 1 aromatic rings. The first-order valence-corrected chi connectivity index (χ1v) is 6.67. The lowest BCUT2D eigenvalue weighted by Gasteiger charge is -2.22. The average Bonchev–Trinajstić information content (AvgIpc) is 2.75. The van der Waals surface area contributed by atoms with Gasteiger partial charge in [-0.05, 0) is 47.0 Å². The smallest absolute Gasteiger partial charge is 0.335 e. The number of carbonyl (C=O) groups is 1. The Balaban J connectivity index is 2.08. The van der Waals surface area contributed by atoms with Crippen LogP contribution in [0.5, 0.6) is 5.75 Å². The lowest BCUT2D eigenvalue weighted by Crippen LogP contribution is -2.32. The van der Waals surface area contributed by atoms with Gasteiger partial charge in [0.1, 0.15) is 12.4 Å². The standard InChI is InChI=1S/C13H15BrO4/c14-10-4-3-9(12(15)16)7-11(10)18-8-13(17)5-1-2-6-13/h3-4,7,17H,1-2,5-6,8H2,(H,15,16). The van der Waals surface area contributed by atoms with Crippen LogP contribution >= 0.6 is 15.9 Å². The number of aliphatic hydroxyl groups is 1. The van der Waals surface area contributed by atoms with Gasteiger partial charge in [-0.3, -0.25) is 0 Å². The van der Waals surface area contributed by atoms with Crippen molar-refractivity contribution in [2.45, 2.75) is 31.3 Å². The molecule has 1 saturated carbocycles. The summed E-state index contributed by atoms with van der Waals surface area (Å²) in [5, 5.41) is 19.1. The summed E-state index contributed by atoms with van der Waals surface area (Å²) in [4.78, 5) is 10.9. The molecule has 1 aromatic carbocycles. The molecule has 0 aliphatic heterocycles. The zero-order chi connectivity index (χ0) is 13.2. The van der Waals surface area contributed by atoms with Crippen LogP contribution in [0.25, 0.3) is 0 Å². The fourth-order valence-electron chi connectivity index (χ4n) is 2.14. The molecular weight excluding hydrogens is 300 g/mol. The largest absolute Gasteiger partial charge is 0.489 e. The van der Waals surface area contributed by atoms with Crippen LogP contribution in [-0.4, -0.2) is 28.4 Å². The summed E-state index contributed by atoms with van der Waals surface area (Å²) in [5.41, 5.74) is -0.592. The van der Waals surface area contributed by atoms with Gasteiger partial charge in [0.15, 0.2) is 0 Å². The normalized spacial score (nSPS) is 17.7. The van der Waals surface area contributed by atoms with Crippen molar-refractivity contribution < 1.29 is 19.7 Å². The Morgan fingerprint density at radius 3 is 2.67 bits per heavy atom. The number of hydrogen-bond acceptors (Lipinski definition) is 3. The van der Waals surface area contributed by atoms with E-state index < -0.39 is 11.6 Å². The SMILES string of the molecule is O=C(O)c1ccc(Br)c(OCC2(O)CCCC2)c1. The van der Waals surface area contributed by atoms with E-state index in [1.807, 2.05) is 0 Å². The minimum absolute atomic E-state index is 0.173. The van der Waals surface area contributed by atoms with Crippen LogP contribution in [0, 0.1) is 0 Å². The molecular formula is C13H15BrO4. The molecule has 18 heavy (non-hydrogen) atoms. The second-order valence-corrected chi connectivity index (χ2v) is 5.52. The van der Waals surface area contributed by atoms with Crippen LogP contribution in [0.4, 0.5) is 0 Å². The highest BCUT2D eigenvalue weighted by Crippen LogP contribution is 2.32. The summed E-state index contributed by atoms with van der Waals surface area (Å²) >= 11 is 3.31. The number of ether oxygens (including phenoxy) is 1. The molecule has 1 aliphatic carbocycles. The second-order valence-electron chi connectivity index (χ2n) is 4.67. The van der Waals surface area contributed by atoms with Crippen molar-refractivity contribution >= 4 is 21.9 Å². The van der Waals surface area contributed by atoms with Crippen molar-refractivity contribution in [3.8, 4) is 5.75 Å². The molecule has 0 unspecified atom stereocenters. The molecule has 0 spiro atoms. The Morgan fingerprint density at radius 2 is 2.06 bits per heavy atom. The van der Waals surface area contributed by atoms with Crippen molar-refractivity contribution in [2.24, 2.45) is 0 Å². The molecule has 0 atom stereocenters. The third-order valence-electron chi connectivity index (χ3n) is 3.21. The molecule has 0 heterocycles. The fraction of sp³-hybridized carbons (Fsp3) is 0.462. The van der Waals surface area contributed by atoms with Crippen molar-refractivity contribution in [3.05, 3.63) is 28.2 Å². The average molecular weight is 315 g/mol. The van der Waals surface area contributed by atoms with E-state index in [0.29, 0.717) is 10.2 Å². The minimum atomic E-state index is -0.994. The quantitative estimate of drug-likeness (QED) is 0.896. The number of carboxylic acid groups (broad SMARTS) is 1. The van der Waals surface area contributed by atoms with Gasteiger partial charge in [0.25, 0.3) is 0 Å². The third-order valence-corrected chi connectivity index (χ3v) is 3.86. The maximum atomic E-state index is 10.9. The van der Waals surface area contributed by atoms with Crippen molar-refractivity contribution in [3.63, 3.8) is 0 Å². The van der Waals surface area contributed by atoms with Gasteiger partial charge in [0, 0.05) is 0 Å². The summed E-state index contributed by atoms with van der Waals surface area (Å²) in [7, 11) is 0. The first-order chi connectivity index (χ1) is 8.50. The van der Waals surface area contributed by atoms with Gasteiger partial charge in [0.2, 0.25) is 0 Å². The zero-order valence-electron chi connectivity index (χ0n) is 9.86. The van der Waals surface area contributed by atoms with Crippen LogP contribution in [0.15, 0.2) is 22.7 Å². The predicted octanol–water partition coefficient (Wildman–Crippen LogP) is 2.83. The van der Waals surface area contributed by atoms with Gasteiger partial charge >= 0.3 is 5.97 Å². The van der Waals surface area contributed by atoms with Gasteiger partial charge in [-0.1, -0.05) is 12.8 Å². The Bertz CT molecular complexity index is 452. The molecule has 1 fully saturated rings. The lowest BCUT2D eigenvalue weighted by molar-refractivity contribution is 0.00117. The summed E-state index contributed by atoms with van der Waals surface area (Å²) in [6, 6.07) is 4.60. The fourth-order valence-corrected chi connectivity index (χ4v) is 2.50. The van der Waals surface area contributed by atoms with Crippen LogP contribution in [-0.2, 0) is 0 Å². The molecule has 0 bridgehead atoms. The third kappa shape index (κ3) is 3.03. The molecule has 2 rings (SSSR count). The van der Waals surface area contributed by atoms with Gasteiger partial charge in [-0.15, -0.1) is 0 Å². The summed E-state index contributed by atoms with van der Waals surface area (Å²) in [6.45, 7) is 0.203. The van der Waals surface area contributed by atoms with Crippen LogP contribution < -0.4 is 4.74 Å². The Kier molecular flexibility index (Phi) is 3.92. The van der Waals surface area contributed by atoms with E-state index in [4.69, 9.17) is 9.84 Å². The molecule has 4 nitrogen and oxygen atoms in total. The van der Waals surface area contributed by atoms with E-state index in [0.717, 1.165) is 25.7 Å². The molecule has 0 saturated heterocycles. The molecule has 2 N–H and O–H groups in total. The second kappa shape index (κ2) is 5.28. The number of aromatic carboxylic acids is 1. The van der Waals surface area contributed by atoms with Crippen molar-refractivity contribution in [1.29, 1.82) is 0 Å². The number of halogens is 1. The maximum absolute atomic E-state index is 10.9. The van der Waals surface area contributed by atoms with E-state index in [1.165, 1.54) is 12.1 Å². The van der Waals surface area contributed by atoms with Crippen molar-refractivity contribution in [1.82, 2.24) is 0 Å². The van der Waals surface area contributed by atoms with E-state index in [2.05, 4.69) is 15.9 Å². The minimum Gasteiger partial charge on any atom is -0.489 e. The van der Waals surface area contributed by atoms with E-state index in [1.54, 1.807) is 6.07 Å². The highest BCUT2D eigenvalue weighted by atomic mass is 79.9. The van der Waals surface area contributed by atoms with Crippen molar-refractivity contribution in [2.75, 3.05) is 6.61 Å². The number of hydrogen-bond donors (Lipinski definition) is 2. The van der Waals surface area contributed by atoms with Gasteiger partial charge in [-0.25, -0.2) is 4.79 Å². The molecule has 1 aliphatic rings. The summed E-state index contributed by atoms with van der Waals surface area (Å²) in [6.07, 6.45) is 3.50. The van der Waals surface area contributed by atoms with E-state index >= 15 is 0 Å². The monoisotopic (exact) mass is 314 g/mol. The molecule has 98 valence electrons. The highest BCUT2D eigenvalue weighted by Gasteiger charge is 2.32. The Labute approximate surface area is 114 Å². The number of rotatable bonds is 4. The maximum Gasteiger partial charge on any atom is 0.335 e. The van der Waals surface area contributed by atoms with E-state index in [-0.39, 0.29) is 12.2 Å². The van der Waals surface area contributed by atoms with Crippen LogP contribution in [0.1, 0.15) is 36.0 Å². The molecule has 0 amide bonds. The molecule has 5 heteroatoms. The first-order valence-electron chi connectivity index (χ1n) is 5.88. The summed E-state index contributed by atoms with van der Waals surface area (Å²) < 4.78 is 6.24. The van der Waals surface area contributed by atoms with Gasteiger partial charge < -0.3 is 14.9 Å². The Morgan fingerprint density at radius 1 is 1.39 bits per heavy atom. The van der Waals surface area contributed by atoms with Crippen LogP contribution in [0.3, 0.4) is 0 Å². The van der Waals surface area contributed by atoms with Gasteiger partial charge in [0.05, 0.1) is 15.6 Å². The van der Waals surface area contributed by atoms with Gasteiger partial charge in [-0.2, -0.15) is 0 Å². The Hall–Kier alpha value is -1.07. The lowest BCUT2D eigenvalue weighted by atomic mass is 10.0. The first kappa shape index (κ1) is 13.4. The predicted molar refractivity (Wildman–Crippen MR) is 70.0 cm³/mol.